The first-order chi connectivity index (χ1) is 9.51. The fraction of sp³-hybridized carbons (Fsp3) is 0.231. The van der Waals surface area contributed by atoms with Crippen LogP contribution >= 0.6 is 11.8 Å². The van der Waals surface area contributed by atoms with Crippen molar-refractivity contribution < 1.29 is 19.0 Å². The van der Waals surface area contributed by atoms with E-state index in [1.165, 1.54) is 19.2 Å². The first-order valence-corrected chi connectivity index (χ1v) is 6.74. The van der Waals surface area contributed by atoms with Crippen LogP contribution in [-0.4, -0.2) is 33.5 Å². The molecule has 0 fully saturated rings. The van der Waals surface area contributed by atoms with Crippen LogP contribution in [0.5, 0.6) is 5.75 Å². The molecule has 5 nitrogen and oxygen atoms in total. The van der Waals surface area contributed by atoms with Crippen molar-refractivity contribution in [1.82, 2.24) is 9.55 Å². The van der Waals surface area contributed by atoms with Crippen molar-refractivity contribution in [2.45, 2.75) is 12.1 Å². The average Bonchev–Trinajstić information content (AvgIpc) is 2.77. The van der Waals surface area contributed by atoms with E-state index in [0.29, 0.717) is 16.6 Å². The lowest BCUT2D eigenvalue weighted by atomic mass is 10.3. The fourth-order valence-corrected chi connectivity index (χ4v) is 2.48. The third kappa shape index (κ3) is 3.11. The lowest BCUT2D eigenvalue weighted by Crippen LogP contribution is -2.02. The van der Waals surface area contributed by atoms with Gasteiger partial charge in [0.05, 0.1) is 24.2 Å². The molecule has 1 N–H and O–H groups in total. The van der Waals surface area contributed by atoms with E-state index in [0.717, 1.165) is 17.5 Å². The minimum absolute atomic E-state index is 0.0973. The molecule has 0 bridgehead atoms. The molecule has 0 aliphatic carbocycles. The molecule has 0 saturated carbocycles. The van der Waals surface area contributed by atoms with Gasteiger partial charge in [0.25, 0.3) is 0 Å². The van der Waals surface area contributed by atoms with E-state index in [1.807, 2.05) is 0 Å². The number of carbonyl (C=O) groups is 1. The minimum atomic E-state index is -0.923. The third-order valence-electron chi connectivity index (χ3n) is 2.52. The zero-order valence-electron chi connectivity index (χ0n) is 11.0. The number of carboxylic acid groups (broad SMARTS) is 1. The number of rotatable bonds is 5. The molecule has 0 saturated heterocycles. The third-order valence-corrected chi connectivity index (χ3v) is 3.46. The number of aryl methyl sites for hydroxylation is 1. The van der Waals surface area contributed by atoms with Gasteiger partial charge in [0.15, 0.2) is 5.16 Å². The van der Waals surface area contributed by atoms with Crippen LogP contribution in [0, 0.1) is 12.7 Å². The van der Waals surface area contributed by atoms with Gasteiger partial charge in [0, 0.05) is 12.3 Å². The van der Waals surface area contributed by atoms with Crippen molar-refractivity contribution >= 4 is 17.7 Å². The standard InChI is InChI=1S/C13H13FN2O3S/c1-8-6-16(13(15-8)20-7-12(17)18)10-4-3-9(14)5-11(10)19-2/h3-6H,7H2,1-2H3,(H,17,18). The summed E-state index contributed by atoms with van der Waals surface area (Å²) in [7, 11) is 1.45. The van der Waals surface area contributed by atoms with Crippen LogP contribution in [0.25, 0.3) is 5.69 Å². The number of aromatic nitrogens is 2. The number of benzene rings is 1. The maximum absolute atomic E-state index is 13.2. The van der Waals surface area contributed by atoms with Gasteiger partial charge >= 0.3 is 5.97 Å². The van der Waals surface area contributed by atoms with E-state index < -0.39 is 11.8 Å². The molecule has 1 heterocycles. The summed E-state index contributed by atoms with van der Waals surface area (Å²) in [5.74, 6) is -1.06. The highest BCUT2D eigenvalue weighted by Crippen LogP contribution is 2.29. The predicted octanol–water partition coefficient (Wildman–Crippen LogP) is 2.51. The number of ether oxygens (including phenoxy) is 1. The van der Waals surface area contributed by atoms with Crippen LogP contribution < -0.4 is 4.74 Å². The van der Waals surface area contributed by atoms with Crippen LogP contribution in [-0.2, 0) is 4.79 Å². The van der Waals surface area contributed by atoms with Gasteiger partial charge in [-0.3, -0.25) is 9.36 Å². The highest BCUT2D eigenvalue weighted by molar-refractivity contribution is 7.99. The SMILES string of the molecule is COc1cc(F)ccc1-n1cc(C)nc1SCC(=O)O. The van der Waals surface area contributed by atoms with Gasteiger partial charge in [0.1, 0.15) is 11.6 Å². The van der Waals surface area contributed by atoms with Crippen molar-refractivity contribution in [2.24, 2.45) is 0 Å². The summed E-state index contributed by atoms with van der Waals surface area (Å²) in [6, 6.07) is 4.16. The highest BCUT2D eigenvalue weighted by atomic mass is 32.2. The molecular formula is C13H13FN2O3S. The molecule has 1 aromatic heterocycles. The second kappa shape index (κ2) is 5.96. The van der Waals surface area contributed by atoms with Crippen molar-refractivity contribution in [3.8, 4) is 11.4 Å². The van der Waals surface area contributed by atoms with Crippen molar-refractivity contribution in [3.63, 3.8) is 0 Å². The summed E-state index contributed by atoms with van der Waals surface area (Å²) < 4.78 is 20.1. The van der Waals surface area contributed by atoms with Crippen molar-refractivity contribution in [1.29, 1.82) is 0 Å². The summed E-state index contributed by atoms with van der Waals surface area (Å²) in [6.45, 7) is 1.80. The molecule has 0 aliphatic rings. The Labute approximate surface area is 119 Å². The molecule has 1 aromatic carbocycles. The van der Waals surface area contributed by atoms with E-state index in [1.54, 1.807) is 23.8 Å². The quantitative estimate of drug-likeness (QED) is 0.859. The van der Waals surface area contributed by atoms with Crippen molar-refractivity contribution in [3.05, 3.63) is 35.9 Å². The van der Waals surface area contributed by atoms with Crippen LogP contribution in [0.15, 0.2) is 29.6 Å². The molecule has 2 aromatic rings. The van der Waals surface area contributed by atoms with Crippen LogP contribution in [0.3, 0.4) is 0 Å². The summed E-state index contributed by atoms with van der Waals surface area (Å²) in [4.78, 5) is 14.9. The Bertz CT molecular complexity index is 643. The zero-order valence-corrected chi connectivity index (χ0v) is 11.8. The largest absolute Gasteiger partial charge is 0.494 e. The van der Waals surface area contributed by atoms with E-state index in [2.05, 4.69) is 4.98 Å². The van der Waals surface area contributed by atoms with E-state index in [-0.39, 0.29) is 5.75 Å². The first-order valence-electron chi connectivity index (χ1n) is 5.75. The molecule has 20 heavy (non-hydrogen) atoms. The number of nitrogens with zero attached hydrogens (tertiary/aromatic N) is 2. The van der Waals surface area contributed by atoms with Crippen LogP contribution in [0.4, 0.5) is 4.39 Å². The topological polar surface area (TPSA) is 64.4 Å². The van der Waals surface area contributed by atoms with Gasteiger partial charge in [-0.25, -0.2) is 9.37 Å². The Morgan fingerprint density at radius 1 is 1.55 bits per heavy atom. The van der Waals surface area contributed by atoms with Gasteiger partial charge in [0.2, 0.25) is 0 Å². The predicted molar refractivity (Wildman–Crippen MR) is 73.2 cm³/mol. The lowest BCUT2D eigenvalue weighted by Gasteiger charge is -2.11. The molecule has 7 heteroatoms. The number of hydrogen-bond donors (Lipinski definition) is 1. The maximum Gasteiger partial charge on any atom is 0.313 e. The summed E-state index contributed by atoms with van der Waals surface area (Å²) in [5.41, 5.74) is 1.35. The highest BCUT2D eigenvalue weighted by Gasteiger charge is 2.14. The van der Waals surface area contributed by atoms with Crippen LogP contribution in [0.2, 0.25) is 0 Å². The average molecular weight is 296 g/mol. The van der Waals surface area contributed by atoms with Gasteiger partial charge in [-0.2, -0.15) is 0 Å². The van der Waals surface area contributed by atoms with Crippen molar-refractivity contribution in [2.75, 3.05) is 12.9 Å². The second-order valence-corrected chi connectivity index (χ2v) is 4.98. The number of thioether (sulfide) groups is 1. The molecule has 0 spiro atoms. The normalized spacial score (nSPS) is 10.6. The van der Waals surface area contributed by atoms with Gasteiger partial charge < -0.3 is 9.84 Å². The smallest absolute Gasteiger partial charge is 0.313 e. The molecular weight excluding hydrogens is 283 g/mol. The molecule has 106 valence electrons. The van der Waals surface area contributed by atoms with Gasteiger partial charge in [-0.15, -0.1) is 0 Å². The Kier molecular flexibility index (Phi) is 4.29. The van der Waals surface area contributed by atoms with E-state index in [9.17, 15) is 9.18 Å². The fourth-order valence-electron chi connectivity index (χ4n) is 1.73. The Hall–Kier alpha value is -2.02. The van der Waals surface area contributed by atoms with Crippen LogP contribution in [0.1, 0.15) is 5.69 Å². The van der Waals surface area contributed by atoms with Gasteiger partial charge in [-0.05, 0) is 19.1 Å². The maximum atomic E-state index is 13.2. The van der Waals surface area contributed by atoms with E-state index >= 15 is 0 Å². The van der Waals surface area contributed by atoms with Gasteiger partial charge in [-0.1, -0.05) is 11.8 Å². The Morgan fingerprint density at radius 3 is 2.95 bits per heavy atom. The number of methoxy groups -OCH3 is 1. The Morgan fingerprint density at radius 2 is 2.30 bits per heavy atom. The molecule has 0 radical (unpaired) electrons. The molecule has 2 rings (SSSR count). The zero-order chi connectivity index (χ0) is 14.7. The Balaban J connectivity index is 2.44. The van der Waals surface area contributed by atoms with E-state index in [4.69, 9.17) is 9.84 Å². The summed E-state index contributed by atoms with van der Waals surface area (Å²) in [5, 5.41) is 9.27. The minimum Gasteiger partial charge on any atom is -0.494 e. The second-order valence-electron chi connectivity index (χ2n) is 4.03. The monoisotopic (exact) mass is 296 g/mol. The number of hydrogen-bond acceptors (Lipinski definition) is 4. The number of carboxylic acids is 1. The lowest BCUT2D eigenvalue weighted by molar-refractivity contribution is -0.133. The number of aliphatic carboxylic acids is 1. The number of imidazole rings is 1. The summed E-state index contributed by atoms with van der Waals surface area (Å²) >= 11 is 1.10. The summed E-state index contributed by atoms with van der Waals surface area (Å²) in [6.07, 6.45) is 1.75. The molecule has 0 unspecified atom stereocenters. The molecule has 0 amide bonds. The molecule has 0 atom stereocenters. The molecule has 0 aliphatic heterocycles. The number of halogens is 1. The first kappa shape index (κ1) is 14.4.